The summed E-state index contributed by atoms with van der Waals surface area (Å²) in [6.07, 6.45) is 8.61. The molecule has 0 N–H and O–H groups in total. The number of rotatable bonds is 4. The number of fused-ring (bicyclic) bond motifs is 1. The fraction of sp³-hybridized carbons (Fsp3) is 0.400. The van der Waals surface area contributed by atoms with Gasteiger partial charge in [0.05, 0.1) is 23.4 Å². The lowest BCUT2D eigenvalue weighted by atomic mass is 10.2. The summed E-state index contributed by atoms with van der Waals surface area (Å²) in [6.45, 7) is 2.24. The van der Waals surface area contributed by atoms with Crippen LogP contribution in [0, 0.1) is 5.92 Å². The highest BCUT2D eigenvalue weighted by atomic mass is 16.7. The summed E-state index contributed by atoms with van der Waals surface area (Å²) in [5.74, 6) is 0.706. The molecule has 1 aliphatic heterocycles. The molecule has 6 nitrogen and oxygen atoms in total. The maximum Gasteiger partial charge on any atom is 0.279 e. The first-order chi connectivity index (χ1) is 12.8. The Hall–Kier alpha value is -2.60. The van der Waals surface area contributed by atoms with Crippen molar-refractivity contribution in [3.8, 4) is 11.4 Å². The number of hydrogen-bond donors (Lipinski definition) is 0. The Morgan fingerprint density at radius 3 is 2.92 bits per heavy atom. The van der Waals surface area contributed by atoms with Gasteiger partial charge < -0.3 is 4.40 Å². The van der Waals surface area contributed by atoms with Crippen LogP contribution < -0.4 is 0 Å². The Labute approximate surface area is 151 Å². The van der Waals surface area contributed by atoms with Crippen LogP contribution in [-0.2, 0) is 11.4 Å². The molecule has 0 aromatic carbocycles. The molecule has 0 atom stereocenters. The van der Waals surface area contributed by atoms with E-state index in [0.717, 1.165) is 42.2 Å². The molecule has 3 aromatic heterocycles. The highest BCUT2D eigenvalue weighted by molar-refractivity contribution is 6.02. The van der Waals surface area contributed by atoms with Gasteiger partial charge in [-0.3, -0.25) is 14.3 Å². The van der Waals surface area contributed by atoms with Crippen molar-refractivity contribution in [3.63, 3.8) is 0 Å². The normalized spacial score (nSPS) is 17.8. The Balaban J connectivity index is 1.53. The molecule has 1 amide bonds. The van der Waals surface area contributed by atoms with Gasteiger partial charge in [-0.2, -0.15) is 5.10 Å². The molecule has 0 radical (unpaired) electrons. The molecule has 5 rings (SSSR count). The molecular formula is C20H22N4O2. The van der Waals surface area contributed by atoms with Crippen LogP contribution in [-0.4, -0.2) is 38.3 Å². The van der Waals surface area contributed by atoms with Gasteiger partial charge in [0.15, 0.2) is 0 Å². The van der Waals surface area contributed by atoms with Crippen LogP contribution in [0.1, 0.15) is 36.0 Å². The van der Waals surface area contributed by atoms with E-state index in [0.29, 0.717) is 18.7 Å². The van der Waals surface area contributed by atoms with Crippen molar-refractivity contribution < 1.29 is 9.63 Å². The number of pyridine rings is 1. The summed E-state index contributed by atoms with van der Waals surface area (Å²) in [7, 11) is 0. The van der Waals surface area contributed by atoms with Gasteiger partial charge in [-0.1, -0.05) is 6.07 Å². The topological polar surface area (TPSA) is 51.8 Å². The summed E-state index contributed by atoms with van der Waals surface area (Å²) in [4.78, 5) is 18.5. The maximum absolute atomic E-state index is 13.0. The van der Waals surface area contributed by atoms with Gasteiger partial charge in [0.1, 0.15) is 5.69 Å². The van der Waals surface area contributed by atoms with Gasteiger partial charge >= 0.3 is 0 Å². The van der Waals surface area contributed by atoms with E-state index in [-0.39, 0.29) is 5.91 Å². The zero-order valence-corrected chi connectivity index (χ0v) is 14.7. The van der Waals surface area contributed by atoms with Gasteiger partial charge in [-0.25, -0.2) is 5.06 Å². The van der Waals surface area contributed by atoms with E-state index in [2.05, 4.69) is 0 Å². The first kappa shape index (κ1) is 15.6. The number of aromatic nitrogens is 3. The van der Waals surface area contributed by atoms with Crippen LogP contribution in [0.4, 0.5) is 0 Å². The van der Waals surface area contributed by atoms with E-state index < -0.39 is 0 Å². The quantitative estimate of drug-likeness (QED) is 0.725. The van der Waals surface area contributed by atoms with E-state index >= 15 is 0 Å². The second-order valence-corrected chi connectivity index (χ2v) is 7.21. The van der Waals surface area contributed by atoms with Crippen LogP contribution in [0.25, 0.3) is 16.9 Å². The molecule has 134 valence electrons. The molecule has 1 saturated heterocycles. The highest BCUT2D eigenvalue weighted by Gasteiger charge is 2.25. The summed E-state index contributed by atoms with van der Waals surface area (Å²) in [5.41, 5.74) is 3.39. The van der Waals surface area contributed by atoms with E-state index in [4.69, 9.17) is 9.94 Å². The summed E-state index contributed by atoms with van der Waals surface area (Å²) in [6, 6.07) is 9.88. The number of amides is 1. The van der Waals surface area contributed by atoms with Crippen molar-refractivity contribution >= 4 is 11.4 Å². The lowest BCUT2D eigenvalue weighted by molar-refractivity contribution is -0.144. The van der Waals surface area contributed by atoms with Crippen molar-refractivity contribution in [2.45, 2.75) is 32.2 Å². The largest absolute Gasteiger partial charge is 0.314 e. The van der Waals surface area contributed by atoms with E-state index in [1.807, 2.05) is 51.8 Å². The Bertz CT molecular complexity index is 948. The van der Waals surface area contributed by atoms with E-state index in [1.54, 1.807) is 0 Å². The lowest BCUT2D eigenvalue weighted by Crippen LogP contribution is -2.35. The smallest absolute Gasteiger partial charge is 0.279 e. The SMILES string of the molecule is O=C(c1cc(-c2ccn(CC3CC3)n2)n2ccccc12)N1CCCCO1. The van der Waals surface area contributed by atoms with E-state index in [1.165, 1.54) is 17.9 Å². The fourth-order valence-electron chi connectivity index (χ4n) is 3.58. The number of nitrogens with zero attached hydrogens (tertiary/aromatic N) is 4. The fourth-order valence-corrected chi connectivity index (χ4v) is 3.58. The summed E-state index contributed by atoms with van der Waals surface area (Å²) in [5, 5.41) is 6.24. The molecule has 0 spiro atoms. The molecule has 1 aliphatic carbocycles. The van der Waals surface area contributed by atoms with Gasteiger partial charge in [-0.05, 0) is 55.9 Å². The zero-order chi connectivity index (χ0) is 17.5. The highest BCUT2D eigenvalue weighted by Crippen LogP contribution is 2.31. The minimum atomic E-state index is -0.0722. The standard InChI is InChI=1S/C20H22N4O2/c25-20(24-10-3-4-12-26-24)16-13-19(23-9-2-1-5-18(16)23)17-8-11-22(21-17)14-15-6-7-15/h1-2,5,8-9,11,13,15H,3-4,6-7,10,12,14H2. The van der Waals surface area contributed by atoms with Crippen molar-refractivity contribution in [1.29, 1.82) is 0 Å². The average molecular weight is 350 g/mol. The second-order valence-electron chi connectivity index (χ2n) is 7.21. The van der Waals surface area contributed by atoms with Gasteiger partial charge in [0.25, 0.3) is 5.91 Å². The van der Waals surface area contributed by atoms with E-state index in [9.17, 15) is 4.79 Å². The van der Waals surface area contributed by atoms with Gasteiger partial charge in [0, 0.05) is 25.5 Å². The van der Waals surface area contributed by atoms with Gasteiger partial charge in [0.2, 0.25) is 0 Å². The van der Waals surface area contributed by atoms with Crippen molar-refractivity contribution in [1.82, 2.24) is 19.2 Å². The van der Waals surface area contributed by atoms with Gasteiger partial charge in [-0.15, -0.1) is 0 Å². The number of hydrogen-bond acceptors (Lipinski definition) is 3. The molecule has 2 fully saturated rings. The van der Waals surface area contributed by atoms with Crippen LogP contribution in [0.5, 0.6) is 0 Å². The molecule has 3 aromatic rings. The van der Waals surface area contributed by atoms with Crippen LogP contribution >= 0.6 is 0 Å². The minimum absolute atomic E-state index is 0.0722. The Morgan fingerprint density at radius 1 is 1.19 bits per heavy atom. The molecule has 4 heterocycles. The molecule has 0 bridgehead atoms. The molecule has 2 aliphatic rings. The van der Waals surface area contributed by atoms with Crippen molar-refractivity contribution in [2.24, 2.45) is 5.92 Å². The number of hydroxylamine groups is 2. The third kappa shape index (κ3) is 2.80. The predicted octanol–water partition coefficient (Wildman–Crippen LogP) is 3.38. The maximum atomic E-state index is 13.0. The third-order valence-corrected chi connectivity index (χ3v) is 5.18. The van der Waals surface area contributed by atoms with Crippen LogP contribution in [0.15, 0.2) is 42.7 Å². The van der Waals surface area contributed by atoms with Crippen LogP contribution in [0.2, 0.25) is 0 Å². The number of carbonyl (C=O) groups is 1. The lowest BCUT2D eigenvalue weighted by Gasteiger charge is -2.25. The predicted molar refractivity (Wildman–Crippen MR) is 97.6 cm³/mol. The molecular weight excluding hydrogens is 328 g/mol. The summed E-state index contributed by atoms with van der Waals surface area (Å²) >= 11 is 0. The minimum Gasteiger partial charge on any atom is -0.314 e. The Kier molecular flexibility index (Phi) is 3.78. The first-order valence-corrected chi connectivity index (χ1v) is 9.38. The molecule has 1 saturated carbocycles. The van der Waals surface area contributed by atoms with Crippen LogP contribution in [0.3, 0.4) is 0 Å². The van der Waals surface area contributed by atoms with Crippen molar-refractivity contribution in [2.75, 3.05) is 13.2 Å². The molecule has 0 unspecified atom stereocenters. The Morgan fingerprint density at radius 2 is 2.12 bits per heavy atom. The molecule has 6 heteroatoms. The average Bonchev–Trinajstić information content (AvgIpc) is 3.24. The summed E-state index contributed by atoms with van der Waals surface area (Å²) < 4.78 is 4.06. The monoisotopic (exact) mass is 350 g/mol. The molecule has 26 heavy (non-hydrogen) atoms. The first-order valence-electron chi connectivity index (χ1n) is 9.38. The number of carbonyl (C=O) groups excluding carboxylic acids is 1. The third-order valence-electron chi connectivity index (χ3n) is 5.18. The van der Waals surface area contributed by atoms with Crippen molar-refractivity contribution in [3.05, 3.63) is 48.3 Å². The second kappa shape index (κ2) is 6.29. The zero-order valence-electron chi connectivity index (χ0n) is 14.7.